The Hall–Kier alpha value is -2.36. The zero-order chi connectivity index (χ0) is 17.0. The van der Waals surface area contributed by atoms with Gasteiger partial charge in [-0.3, -0.25) is 4.79 Å². The van der Waals surface area contributed by atoms with E-state index >= 15 is 0 Å². The lowest BCUT2D eigenvalue weighted by molar-refractivity contribution is -0.119. The number of nitrogens with zero attached hydrogens (tertiary/aromatic N) is 5. The number of amides is 1. The highest BCUT2D eigenvalue weighted by molar-refractivity contribution is 7.16. The second kappa shape index (κ2) is 7.27. The van der Waals surface area contributed by atoms with Gasteiger partial charge in [-0.1, -0.05) is 13.8 Å². The van der Waals surface area contributed by atoms with Crippen LogP contribution in [0.2, 0.25) is 0 Å². The summed E-state index contributed by atoms with van der Waals surface area (Å²) in [5.41, 5.74) is 0.247. The molecular weight excluding hydrogens is 320 g/mol. The summed E-state index contributed by atoms with van der Waals surface area (Å²) in [5.74, 6) is -0.480. The molecule has 2 aromatic heterocycles. The fourth-order valence-corrected chi connectivity index (χ4v) is 3.01. The number of ether oxygens (including phenoxy) is 1. The van der Waals surface area contributed by atoms with Gasteiger partial charge in [0.25, 0.3) is 5.91 Å². The van der Waals surface area contributed by atoms with E-state index in [9.17, 15) is 9.59 Å². The molecule has 2 heterocycles. The highest BCUT2D eigenvalue weighted by Gasteiger charge is 2.22. The number of nitrogens with one attached hydrogen (secondary N) is 1. The largest absolute Gasteiger partial charge is 0.464 e. The third-order valence-corrected chi connectivity index (χ3v) is 4.03. The van der Waals surface area contributed by atoms with E-state index in [-0.39, 0.29) is 11.6 Å². The smallest absolute Gasteiger partial charge is 0.357 e. The Labute approximate surface area is 137 Å². The van der Waals surface area contributed by atoms with Gasteiger partial charge in [0.15, 0.2) is 10.8 Å². The molecule has 1 atom stereocenters. The van der Waals surface area contributed by atoms with Crippen molar-refractivity contribution in [3.05, 3.63) is 16.9 Å². The van der Waals surface area contributed by atoms with Crippen LogP contribution in [0.4, 0.5) is 5.13 Å². The lowest BCUT2D eigenvalue weighted by Crippen LogP contribution is -2.24. The van der Waals surface area contributed by atoms with Crippen LogP contribution in [-0.2, 0) is 16.0 Å². The number of carbonyl (C=O) groups excluding carboxylic acids is 2. The SMILES string of the molecule is COC(=O)c1nc(NC(=O)[C@H](C)n2cnnn2)sc1CC(C)C. The van der Waals surface area contributed by atoms with Crippen molar-refractivity contribution in [2.75, 3.05) is 12.4 Å². The van der Waals surface area contributed by atoms with Crippen LogP contribution in [0.15, 0.2) is 6.33 Å². The normalized spacial score (nSPS) is 12.2. The van der Waals surface area contributed by atoms with Crippen LogP contribution < -0.4 is 5.32 Å². The maximum atomic E-state index is 12.2. The second-order valence-corrected chi connectivity index (χ2v) is 6.42. The minimum atomic E-state index is -0.593. The van der Waals surface area contributed by atoms with Crippen molar-refractivity contribution in [3.63, 3.8) is 0 Å². The number of carbonyl (C=O) groups is 2. The molecule has 10 heteroatoms. The third-order valence-electron chi connectivity index (χ3n) is 3.04. The number of aromatic nitrogens is 5. The van der Waals surface area contributed by atoms with Crippen LogP contribution >= 0.6 is 11.3 Å². The summed E-state index contributed by atoms with van der Waals surface area (Å²) < 4.78 is 6.08. The summed E-state index contributed by atoms with van der Waals surface area (Å²) in [6.45, 7) is 5.74. The van der Waals surface area contributed by atoms with E-state index in [1.807, 2.05) is 13.8 Å². The first-order valence-electron chi connectivity index (χ1n) is 7.03. The van der Waals surface area contributed by atoms with Gasteiger partial charge < -0.3 is 10.1 Å². The van der Waals surface area contributed by atoms with Gasteiger partial charge in [0, 0.05) is 4.88 Å². The van der Waals surface area contributed by atoms with Crippen LogP contribution in [0.25, 0.3) is 0 Å². The van der Waals surface area contributed by atoms with Crippen LogP contribution in [0.3, 0.4) is 0 Å². The van der Waals surface area contributed by atoms with E-state index in [1.54, 1.807) is 6.92 Å². The molecule has 0 fully saturated rings. The van der Waals surface area contributed by atoms with Crippen LogP contribution in [0, 0.1) is 5.92 Å². The van der Waals surface area contributed by atoms with Crippen molar-refractivity contribution < 1.29 is 14.3 Å². The van der Waals surface area contributed by atoms with E-state index < -0.39 is 12.0 Å². The van der Waals surface area contributed by atoms with Crippen molar-refractivity contribution in [1.82, 2.24) is 25.2 Å². The number of thiazole rings is 1. The van der Waals surface area contributed by atoms with Crippen LogP contribution in [0.1, 0.15) is 42.2 Å². The van der Waals surface area contributed by atoms with E-state index in [4.69, 9.17) is 4.74 Å². The lowest BCUT2D eigenvalue weighted by Gasteiger charge is -2.08. The van der Waals surface area contributed by atoms with Gasteiger partial charge in [0.1, 0.15) is 12.4 Å². The molecule has 124 valence electrons. The molecule has 0 aliphatic carbocycles. The van der Waals surface area contributed by atoms with Crippen molar-refractivity contribution in [3.8, 4) is 0 Å². The fraction of sp³-hybridized carbons (Fsp3) is 0.538. The van der Waals surface area contributed by atoms with Gasteiger partial charge in [-0.15, -0.1) is 16.4 Å². The summed E-state index contributed by atoms with van der Waals surface area (Å²) in [6.07, 6.45) is 2.04. The first-order valence-corrected chi connectivity index (χ1v) is 7.85. The maximum absolute atomic E-state index is 12.2. The summed E-state index contributed by atoms with van der Waals surface area (Å²) in [4.78, 5) is 29.0. The van der Waals surface area contributed by atoms with E-state index in [0.29, 0.717) is 17.5 Å². The molecule has 0 aromatic carbocycles. The third kappa shape index (κ3) is 4.09. The first kappa shape index (κ1) is 17.0. The highest BCUT2D eigenvalue weighted by Crippen LogP contribution is 2.27. The van der Waals surface area contributed by atoms with E-state index in [2.05, 4.69) is 25.8 Å². The summed E-state index contributed by atoms with van der Waals surface area (Å²) in [7, 11) is 1.30. The molecule has 0 unspecified atom stereocenters. The fourth-order valence-electron chi connectivity index (χ4n) is 1.85. The predicted octanol–water partition coefficient (Wildman–Crippen LogP) is 1.31. The first-order chi connectivity index (χ1) is 10.9. The zero-order valence-electron chi connectivity index (χ0n) is 13.3. The van der Waals surface area contributed by atoms with Crippen LogP contribution in [0.5, 0.6) is 0 Å². The Morgan fingerprint density at radius 3 is 2.70 bits per heavy atom. The molecule has 0 aliphatic rings. The average molecular weight is 338 g/mol. The molecule has 0 bridgehead atoms. The van der Waals surface area contributed by atoms with E-state index in [0.717, 1.165) is 4.88 Å². The molecule has 0 saturated heterocycles. The zero-order valence-corrected chi connectivity index (χ0v) is 14.1. The lowest BCUT2D eigenvalue weighted by atomic mass is 10.1. The minimum absolute atomic E-state index is 0.247. The maximum Gasteiger partial charge on any atom is 0.357 e. The number of esters is 1. The molecule has 0 saturated carbocycles. The molecule has 0 spiro atoms. The summed E-state index contributed by atoms with van der Waals surface area (Å²) in [5, 5.41) is 13.7. The quantitative estimate of drug-likeness (QED) is 0.790. The molecule has 9 nitrogen and oxygen atoms in total. The monoisotopic (exact) mass is 338 g/mol. The molecule has 2 rings (SSSR count). The number of hydrogen-bond acceptors (Lipinski definition) is 8. The predicted molar refractivity (Wildman–Crippen MR) is 83.2 cm³/mol. The van der Waals surface area contributed by atoms with Crippen molar-refractivity contribution in [2.45, 2.75) is 33.2 Å². The molecule has 0 aliphatic heterocycles. The van der Waals surface area contributed by atoms with Crippen molar-refractivity contribution >= 4 is 28.3 Å². The van der Waals surface area contributed by atoms with Gasteiger partial charge in [0.2, 0.25) is 0 Å². The number of anilines is 1. The van der Waals surface area contributed by atoms with Crippen molar-refractivity contribution in [1.29, 1.82) is 0 Å². The Morgan fingerprint density at radius 2 is 2.13 bits per heavy atom. The molecule has 1 N–H and O–H groups in total. The average Bonchev–Trinajstić information content (AvgIpc) is 3.15. The number of rotatable bonds is 6. The number of hydrogen-bond donors (Lipinski definition) is 1. The van der Waals surface area contributed by atoms with Gasteiger partial charge in [-0.2, -0.15) is 0 Å². The molecule has 0 radical (unpaired) electrons. The molecule has 23 heavy (non-hydrogen) atoms. The Bertz CT molecular complexity index is 682. The molecule has 1 amide bonds. The molecule has 2 aromatic rings. The van der Waals surface area contributed by atoms with Gasteiger partial charge >= 0.3 is 5.97 Å². The molecular formula is C13H18N6O3S. The Balaban J connectivity index is 2.17. The van der Waals surface area contributed by atoms with Gasteiger partial charge in [-0.25, -0.2) is 14.5 Å². The van der Waals surface area contributed by atoms with E-state index in [1.165, 1.54) is 29.5 Å². The summed E-state index contributed by atoms with van der Waals surface area (Å²) in [6, 6.07) is -0.593. The minimum Gasteiger partial charge on any atom is -0.464 e. The van der Waals surface area contributed by atoms with Gasteiger partial charge in [-0.05, 0) is 29.7 Å². The van der Waals surface area contributed by atoms with Crippen molar-refractivity contribution in [2.24, 2.45) is 5.92 Å². The van der Waals surface area contributed by atoms with Crippen LogP contribution in [-0.4, -0.2) is 44.2 Å². The van der Waals surface area contributed by atoms with Gasteiger partial charge in [0.05, 0.1) is 7.11 Å². The number of tetrazole rings is 1. The second-order valence-electron chi connectivity index (χ2n) is 5.34. The Kier molecular flexibility index (Phi) is 5.37. The standard InChI is InChI=1S/C13H18N6O3S/c1-7(2)5-9-10(12(21)22-4)15-13(23-9)16-11(20)8(3)19-6-14-17-18-19/h6-8H,5H2,1-4H3,(H,15,16,20)/t8-/m0/s1. The number of methoxy groups -OCH3 is 1. The topological polar surface area (TPSA) is 112 Å². The summed E-state index contributed by atoms with van der Waals surface area (Å²) >= 11 is 1.27. The Morgan fingerprint density at radius 1 is 1.39 bits per heavy atom. The highest BCUT2D eigenvalue weighted by atomic mass is 32.1.